The van der Waals surface area contributed by atoms with Crippen molar-refractivity contribution in [2.75, 3.05) is 0 Å². The molecule has 5 aromatic rings. The second kappa shape index (κ2) is 5.97. The third-order valence-corrected chi connectivity index (χ3v) is 5.35. The number of aromatic hydroxyl groups is 1. The highest BCUT2D eigenvalue weighted by atomic mass is 16.3. The second-order valence-corrected chi connectivity index (χ2v) is 7.17. The van der Waals surface area contributed by atoms with E-state index in [0.29, 0.717) is 0 Å². The van der Waals surface area contributed by atoms with Crippen LogP contribution in [-0.4, -0.2) is 20.8 Å². The lowest BCUT2D eigenvalue weighted by atomic mass is 10.0. The zero-order valence-electron chi connectivity index (χ0n) is 15.4. The minimum absolute atomic E-state index is 0.278. The first-order valence-electron chi connectivity index (χ1n) is 9.43. The fourth-order valence-electron chi connectivity index (χ4n) is 4.01. The minimum atomic E-state index is 0.278. The summed E-state index contributed by atoms with van der Waals surface area (Å²) in [7, 11) is 0. The molecule has 1 N–H and O–H groups in total. The van der Waals surface area contributed by atoms with E-state index in [4.69, 9.17) is 4.99 Å². The van der Waals surface area contributed by atoms with E-state index in [2.05, 4.69) is 34.2 Å². The van der Waals surface area contributed by atoms with Crippen molar-refractivity contribution in [3.05, 3.63) is 96.3 Å². The van der Waals surface area contributed by atoms with Crippen molar-refractivity contribution in [1.29, 1.82) is 0 Å². The van der Waals surface area contributed by atoms with Crippen molar-refractivity contribution in [2.24, 2.45) is 4.99 Å². The monoisotopic (exact) mass is 373 g/mol. The van der Waals surface area contributed by atoms with Crippen molar-refractivity contribution >= 4 is 32.9 Å². The van der Waals surface area contributed by atoms with Crippen LogP contribution in [0.2, 0.25) is 0 Å². The lowest BCUT2D eigenvalue weighted by Gasteiger charge is -2.06. The molecule has 0 spiro atoms. The largest absolute Gasteiger partial charge is 0.508 e. The highest BCUT2D eigenvalue weighted by Crippen LogP contribution is 2.35. The van der Waals surface area contributed by atoms with E-state index in [1.807, 2.05) is 36.4 Å². The number of aromatic nitrogens is 2. The summed E-state index contributed by atoms with van der Waals surface area (Å²) in [6, 6.07) is 23.8. The van der Waals surface area contributed by atoms with Crippen molar-refractivity contribution in [1.82, 2.24) is 9.97 Å². The van der Waals surface area contributed by atoms with E-state index < -0.39 is 0 Å². The van der Waals surface area contributed by atoms with Gasteiger partial charge in [0.1, 0.15) is 5.75 Å². The maximum Gasteiger partial charge on any atom is 0.116 e. The molecule has 0 bridgehead atoms. The summed E-state index contributed by atoms with van der Waals surface area (Å²) in [6.45, 7) is 0. The molecule has 0 aliphatic heterocycles. The third kappa shape index (κ3) is 2.50. The predicted molar refractivity (Wildman–Crippen MR) is 116 cm³/mol. The van der Waals surface area contributed by atoms with Crippen LogP contribution in [0.3, 0.4) is 0 Å². The number of rotatable bonds is 1. The van der Waals surface area contributed by atoms with Gasteiger partial charge < -0.3 is 5.11 Å². The zero-order valence-corrected chi connectivity index (χ0v) is 15.4. The Morgan fingerprint density at radius 2 is 1.24 bits per heavy atom. The molecule has 4 heteroatoms. The van der Waals surface area contributed by atoms with Crippen molar-refractivity contribution in [3.8, 4) is 17.1 Å². The molecule has 4 nitrogen and oxygen atoms in total. The molecule has 0 unspecified atom stereocenters. The van der Waals surface area contributed by atoms with Crippen molar-refractivity contribution < 1.29 is 5.11 Å². The van der Waals surface area contributed by atoms with Crippen LogP contribution < -0.4 is 0 Å². The van der Waals surface area contributed by atoms with Gasteiger partial charge in [0.05, 0.1) is 22.8 Å². The molecular weight excluding hydrogens is 358 g/mol. The molecule has 2 aromatic heterocycles. The Hall–Kier alpha value is -4.05. The summed E-state index contributed by atoms with van der Waals surface area (Å²) in [5, 5.41) is 14.1. The van der Waals surface area contributed by atoms with Crippen LogP contribution in [0.15, 0.2) is 90.2 Å². The van der Waals surface area contributed by atoms with Crippen molar-refractivity contribution in [3.63, 3.8) is 0 Å². The average molecular weight is 373 g/mol. The number of hydrogen-bond acceptors (Lipinski definition) is 4. The molecule has 0 saturated heterocycles. The molecule has 2 heterocycles. The van der Waals surface area contributed by atoms with Crippen LogP contribution >= 0.6 is 0 Å². The molecule has 1 aliphatic rings. The van der Waals surface area contributed by atoms with Crippen LogP contribution in [0, 0.1) is 0 Å². The molecule has 0 atom stereocenters. The second-order valence-electron chi connectivity index (χ2n) is 7.17. The first kappa shape index (κ1) is 16.0. The lowest BCUT2D eigenvalue weighted by Crippen LogP contribution is -1.97. The van der Waals surface area contributed by atoms with E-state index in [1.54, 1.807) is 24.5 Å². The fourth-order valence-corrected chi connectivity index (χ4v) is 4.01. The maximum atomic E-state index is 9.74. The van der Waals surface area contributed by atoms with Gasteiger partial charge in [-0.15, -0.1) is 0 Å². The Kier molecular flexibility index (Phi) is 3.29. The van der Waals surface area contributed by atoms with Crippen molar-refractivity contribution in [2.45, 2.75) is 0 Å². The fraction of sp³-hybridized carbons (Fsp3) is 0. The summed E-state index contributed by atoms with van der Waals surface area (Å²) in [6.07, 6.45) is 3.58. The van der Waals surface area contributed by atoms with Crippen LogP contribution in [0.25, 0.3) is 32.9 Å². The maximum absolute atomic E-state index is 9.74. The summed E-state index contributed by atoms with van der Waals surface area (Å²) < 4.78 is 0. The van der Waals surface area contributed by atoms with Gasteiger partial charge in [-0.25, -0.2) is 4.99 Å². The number of hydrogen-bond donors (Lipinski definition) is 1. The molecule has 136 valence electrons. The van der Waals surface area contributed by atoms with E-state index in [9.17, 15) is 5.11 Å². The molecule has 1 aliphatic carbocycles. The number of nitrogens with zero attached hydrogens (tertiary/aromatic N) is 3. The Labute approximate surface area is 166 Å². The zero-order chi connectivity index (χ0) is 19.4. The number of benzene rings is 3. The van der Waals surface area contributed by atoms with Crippen LogP contribution in [-0.2, 0) is 0 Å². The molecule has 0 fully saturated rings. The Morgan fingerprint density at radius 1 is 0.621 bits per heavy atom. The Bertz CT molecular complexity index is 1420. The molecule has 3 aromatic carbocycles. The van der Waals surface area contributed by atoms with Gasteiger partial charge in [0, 0.05) is 23.5 Å². The van der Waals surface area contributed by atoms with Crippen LogP contribution in [0.1, 0.15) is 11.1 Å². The van der Waals surface area contributed by atoms with Gasteiger partial charge in [-0.1, -0.05) is 12.1 Å². The lowest BCUT2D eigenvalue weighted by molar-refractivity contribution is 0.476. The highest BCUT2D eigenvalue weighted by Gasteiger charge is 2.26. The van der Waals surface area contributed by atoms with Gasteiger partial charge in [-0.05, 0) is 82.2 Å². The number of fused-ring (bicyclic) bond motifs is 5. The number of aliphatic imine (C=N–C) groups is 1. The summed E-state index contributed by atoms with van der Waals surface area (Å²) in [5.74, 6) is 0.278. The van der Waals surface area contributed by atoms with Crippen LogP contribution in [0.5, 0.6) is 5.75 Å². The molecule has 0 saturated carbocycles. The first-order valence-corrected chi connectivity index (χ1v) is 9.43. The minimum Gasteiger partial charge on any atom is -0.508 e. The van der Waals surface area contributed by atoms with E-state index in [-0.39, 0.29) is 5.75 Å². The normalized spacial score (nSPS) is 12.2. The van der Waals surface area contributed by atoms with E-state index >= 15 is 0 Å². The molecule has 6 rings (SSSR count). The highest BCUT2D eigenvalue weighted by molar-refractivity contribution is 6.24. The van der Waals surface area contributed by atoms with E-state index in [0.717, 1.165) is 55.5 Å². The van der Waals surface area contributed by atoms with Crippen LogP contribution in [0.4, 0.5) is 5.69 Å². The third-order valence-electron chi connectivity index (χ3n) is 5.35. The SMILES string of the molecule is Oc1ccc2cc3cc(N=C4c5cccnc5-c5ncccc54)ccc3cc2c1. The van der Waals surface area contributed by atoms with Gasteiger partial charge in [-0.3, -0.25) is 9.97 Å². The van der Waals surface area contributed by atoms with E-state index in [1.165, 1.54) is 0 Å². The summed E-state index contributed by atoms with van der Waals surface area (Å²) >= 11 is 0. The quantitative estimate of drug-likeness (QED) is 0.380. The standard InChI is InChI=1S/C25H15N3O/c29-20-8-6-16-11-17-13-19(7-5-15(17)12-18(16)14-20)28-23-21-3-1-9-26-24(21)25-22(23)4-2-10-27-25/h1-14,29H. The van der Waals surface area contributed by atoms with Gasteiger partial charge in [0.25, 0.3) is 0 Å². The topological polar surface area (TPSA) is 58.4 Å². The van der Waals surface area contributed by atoms with Gasteiger partial charge in [0.15, 0.2) is 0 Å². The van der Waals surface area contributed by atoms with Gasteiger partial charge in [-0.2, -0.15) is 0 Å². The Morgan fingerprint density at radius 3 is 1.93 bits per heavy atom. The Balaban J connectivity index is 1.54. The number of pyridine rings is 2. The smallest absolute Gasteiger partial charge is 0.116 e. The number of phenolic OH excluding ortho intramolecular Hbond substituents is 1. The summed E-state index contributed by atoms with van der Waals surface area (Å²) in [5.41, 5.74) is 5.57. The molecular formula is C25H15N3O. The number of phenols is 1. The molecule has 0 amide bonds. The molecule has 0 radical (unpaired) electrons. The van der Waals surface area contributed by atoms with Gasteiger partial charge in [0.2, 0.25) is 0 Å². The first-order chi connectivity index (χ1) is 14.3. The average Bonchev–Trinajstić information content (AvgIpc) is 3.06. The predicted octanol–water partition coefficient (Wildman–Crippen LogP) is 5.64. The summed E-state index contributed by atoms with van der Waals surface area (Å²) in [4.78, 5) is 14.0. The molecule has 29 heavy (non-hydrogen) atoms. The van der Waals surface area contributed by atoms with Gasteiger partial charge >= 0.3 is 0 Å².